The van der Waals surface area contributed by atoms with Crippen molar-refractivity contribution in [3.8, 4) is 11.5 Å². The van der Waals surface area contributed by atoms with Crippen molar-refractivity contribution in [2.75, 3.05) is 25.3 Å². The van der Waals surface area contributed by atoms with Crippen LogP contribution in [0.15, 0.2) is 71.6 Å². The third kappa shape index (κ3) is 5.18. The number of carbonyl (C=O) groups is 2. The van der Waals surface area contributed by atoms with Crippen LogP contribution in [0.1, 0.15) is 20.7 Å². The fourth-order valence-corrected chi connectivity index (χ4v) is 3.65. The Morgan fingerprint density at radius 2 is 1.57 bits per heavy atom. The minimum absolute atomic E-state index is 0.104. The molecule has 0 bridgehead atoms. The first-order valence-electron chi connectivity index (χ1n) is 9.06. The maximum absolute atomic E-state index is 13.0. The summed E-state index contributed by atoms with van der Waals surface area (Å²) < 4.78 is 23.6. The van der Waals surface area contributed by atoms with Gasteiger partial charge >= 0.3 is 0 Å². The number of ether oxygens (including phenoxy) is 2. The summed E-state index contributed by atoms with van der Waals surface area (Å²) in [5.74, 6) is 0.157. The molecule has 3 aromatic carbocycles. The van der Waals surface area contributed by atoms with Gasteiger partial charge in [-0.1, -0.05) is 12.1 Å². The Hall–Kier alpha value is -3.32. The summed E-state index contributed by atoms with van der Waals surface area (Å²) in [6.45, 7) is 0. The number of halogens is 1. The van der Waals surface area contributed by atoms with Gasteiger partial charge in [-0.15, -0.1) is 11.8 Å². The number of carbonyl (C=O) groups excluding carboxylic acids is 2. The second-order valence-electron chi connectivity index (χ2n) is 6.24. The number of ketones is 1. The van der Waals surface area contributed by atoms with Crippen LogP contribution in [0.4, 0.5) is 10.1 Å². The standard InChI is InChI=1S/C23H20FNO4S/c1-28-20-7-4-8-21(29-2)22(20)23(27)25-17-5-3-6-18(13-17)30-14-19(26)15-9-11-16(24)12-10-15/h3-13H,14H2,1-2H3,(H,25,27). The molecule has 5 nitrogen and oxygen atoms in total. The summed E-state index contributed by atoms with van der Waals surface area (Å²) in [7, 11) is 2.97. The molecule has 0 radical (unpaired) electrons. The molecule has 30 heavy (non-hydrogen) atoms. The summed E-state index contributed by atoms with van der Waals surface area (Å²) in [6, 6.07) is 17.8. The Labute approximate surface area is 178 Å². The van der Waals surface area contributed by atoms with Crippen LogP contribution in [0.5, 0.6) is 11.5 Å². The molecule has 0 atom stereocenters. The van der Waals surface area contributed by atoms with Gasteiger partial charge in [-0.2, -0.15) is 0 Å². The Bertz CT molecular complexity index is 1030. The van der Waals surface area contributed by atoms with Gasteiger partial charge in [-0.05, 0) is 54.6 Å². The Morgan fingerprint density at radius 3 is 2.20 bits per heavy atom. The van der Waals surface area contributed by atoms with Gasteiger partial charge in [0, 0.05) is 16.1 Å². The highest BCUT2D eigenvalue weighted by molar-refractivity contribution is 8.00. The van der Waals surface area contributed by atoms with Crippen molar-refractivity contribution < 1.29 is 23.5 Å². The minimum Gasteiger partial charge on any atom is -0.496 e. The van der Waals surface area contributed by atoms with E-state index in [1.807, 2.05) is 6.07 Å². The highest BCUT2D eigenvalue weighted by Crippen LogP contribution is 2.30. The minimum atomic E-state index is -0.380. The van der Waals surface area contributed by atoms with E-state index < -0.39 is 0 Å². The molecule has 154 valence electrons. The van der Waals surface area contributed by atoms with Crippen molar-refractivity contribution in [3.63, 3.8) is 0 Å². The SMILES string of the molecule is COc1cccc(OC)c1C(=O)Nc1cccc(SCC(=O)c2ccc(F)cc2)c1. The van der Waals surface area contributed by atoms with Gasteiger partial charge in [-0.3, -0.25) is 9.59 Å². The van der Waals surface area contributed by atoms with E-state index in [0.717, 1.165) is 4.90 Å². The fourth-order valence-electron chi connectivity index (χ4n) is 2.80. The van der Waals surface area contributed by atoms with Crippen LogP contribution in [0.2, 0.25) is 0 Å². The van der Waals surface area contributed by atoms with E-state index in [4.69, 9.17) is 9.47 Å². The Kier molecular flexibility index (Phi) is 7.08. The van der Waals surface area contributed by atoms with Gasteiger partial charge < -0.3 is 14.8 Å². The number of hydrogen-bond donors (Lipinski definition) is 1. The van der Waals surface area contributed by atoms with E-state index >= 15 is 0 Å². The van der Waals surface area contributed by atoms with Crippen molar-refractivity contribution >= 4 is 29.1 Å². The molecule has 0 aliphatic heterocycles. The van der Waals surface area contributed by atoms with Gasteiger partial charge in [0.1, 0.15) is 22.9 Å². The lowest BCUT2D eigenvalue weighted by atomic mass is 10.1. The lowest BCUT2D eigenvalue weighted by Crippen LogP contribution is -2.14. The average Bonchev–Trinajstić information content (AvgIpc) is 2.77. The van der Waals surface area contributed by atoms with Crippen LogP contribution in [-0.4, -0.2) is 31.7 Å². The van der Waals surface area contributed by atoms with E-state index in [1.165, 1.54) is 50.2 Å². The van der Waals surface area contributed by atoms with Crippen LogP contribution in [0.25, 0.3) is 0 Å². The molecule has 0 saturated carbocycles. The molecule has 7 heteroatoms. The molecule has 0 spiro atoms. The normalized spacial score (nSPS) is 10.4. The number of nitrogens with one attached hydrogen (secondary N) is 1. The third-order valence-corrected chi connectivity index (χ3v) is 5.28. The number of thioether (sulfide) groups is 1. The zero-order valence-corrected chi connectivity index (χ0v) is 17.3. The quantitative estimate of drug-likeness (QED) is 0.403. The summed E-state index contributed by atoms with van der Waals surface area (Å²) >= 11 is 1.34. The number of Topliss-reactive ketones (excluding diaryl/α,β-unsaturated/α-hetero) is 1. The number of anilines is 1. The largest absolute Gasteiger partial charge is 0.496 e. The molecule has 0 saturated heterocycles. The third-order valence-electron chi connectivity index (χ3n) is 4.28. The van der Waals surface area contributed by atoms with Gasteiger partial charge in [0.05, 0.1) is 20.0 Å². The van der Waals surface area contributed by atoms with E-state index in [0.29, 0.717) is 28.3 Å². The van der Waals surface area contributed by atoms with Crippen molar-refractivity contribution in [1.29, 1.82) is 0 Å². The molecule has 3 aromatic rings. The zero-order valence-electron chi connectivity index (χ0n) is 16.5. The average molecular weight is 425 g/mol. The molecule has 0 aliphatic rings. The van der Waals surface area contributed by atoms with Crippen molar-refractivity contribution in [3.05, 3.63) is 83.7 Å². The summed E-state index contributed by atoms with van der Waals surface area (Å²) in [6.07, 6.45) is 0. The second-order valence-corrected chi connectivity index (χ2v) is 7.29. The highest BCUT2D eigenvalue weighted by Gasteiger charge is 2.18. The first-order valence-corrected chi connectivity index (χ1v) is 10.0. The number of amides is 1. The molecule has 0 aliphatic carbocycles. The predicted molar refractivity (Wildman–Crippen MR) is 115 cm³/mol. The monoisotopic (exact) mass is 425 g/mol. The molecule has 0 heterocycles. The predicted octanol–water partition coefficient (Wildman–Crippen LogP) is 5.07. The lowest BCUT2D eigenvalue weighted by Gasteiger charge is -2.13. The van der Waals surface area contributed by atoms with Crippen LogP contribution in [0, 0.1) is 5.82 Å². The molecule has 0 unspecified atom stereocenters. The number of hydrogen-bond acceptors (Lipinski definition) is 5. The molecule has 1 N–H and O–H groups in total. The topological polar surface area (TPSA) is 64.6 Å². The van der Waals surface area contributed by atoms with Gasteiger partial charge in [0.25, 0.3) is 5.91 Å². The smallest absolute Gasteiger partial charge is 0.263 e. The van der Waals surface area contributed by atoms with Gasteiger partial charge in [-0.25, -0.2) is 4.39 Å². The van der Waals surface area contributed by atoms with Crippen molar-refractivity contribution in [2.24, 2.45) is 0 Å². The van der Waals surface area contributed by atoms with E-state index in [1.54, 1.807) is 36.4 Å². The summed E-state index contributed by atoms with van der Waals surface area (Å²) in [5.41, 5.74) is 1.33. The first kappa shape index (κ1) is 21.4. The fraction of sp³-hybridized carbons (Fsp3) is 0.130. The van der Waals surface area contributed by atoms with Crippen molar-refractivity contribution in [2.45, 2.75) is 4.90 Å². The van der Waals surface area contributed by atoms with Crippen LogP contribution in [-0.2, 0) is 0 Å². The van der Waals surface area contributed by atoms with E-state index in [-0.39, 0.29) is 23.3 Å². The molecular weight excluding hydrogens is 405 g/mol. The number of benzene rings is 3. The Balaban J connectivity index is 1.69. The van der Waals surface area contributed by atoms with E-state index in [2.05, 4.69) is 5.32 Å². The summed E-state index contributed by atoms with van der Waals surface area (Å²) in [4.78, 5) is 25.9. The Morgan fingerprint density at radius 1 is 0.933 bits per heavy atom. The zero-order chi connectivity index (χ0) is 21.5. The highest BCUT2D eigenvalue weighted by atomic mass is 32.2. The number of rotatable bonds is 8. The second kappa shape index (κ2) is 9.93. The summed E-state index contributed by atoms with van der Waals surface area (Å²) in [5, 5.41) is 2.83. The molecule has 1 amide bonds. The molecule has 0 fully saturated rings. The van der Waals surface area contributed by atoms with Crippen molar-refractivity contribution in [1.82, 2.24) is 0 Å². The van der Waals surface area contributed by atoms with Gasteiger partial charge in [0.15, 0.2) is 5.78 Å². The lowest BCUT2D eigenvalue weighted by molar-refractivity contribution is 0.101. The first-order chi connectivity index (χ1) is 14.5. The van der Waals surface area contributed by atoms with Crippen LogP contribution in [0.3, 0.4) is 0 Å². The van der Waals surface area contributed by atoms with E-state index in [9.17, 15) is 14.0 Å². The molecule has 3 rings (SSSR count). The van der Waals surface area contributed by atoms with Crippen LogP contribution < -0.4 is 14.8 Å². The maximum atomic E-state index is 13.0. The van der Waals surface area contributed by atoms with Gasteiger partial charge in [0.2, 0.25) is 0 Å². The van der Waals surface area contributed by atoms with Crippen LogP contribution >= 0.6 is 11.8 Å². The molecule has 0 aromatic heterocycles. The number of methoxy groups -OCH3 is 2. The maximum Gasteiger partial charge on any atom is 0.263 e. The molecular formula is C23H20FNO4S.